The Labute approximate surface area is 167 Å². The van der Waals surface area contributed by atoms with Crippen LogP contribution >= 0.6 is 11.8 Å². The van der Waals surface area contributed by atoms with Gasteiger partial charge in [-0.05, 0) is 18.4 Å². The van der Waals surface area contributed by atoms with E-state index in [0.29, 0.717) is 25.1 Å². The smallest absolute Gasteiger partial charge is 0.330 e. The van der Waals surface area contributed by atoms with Gasteiger partial charge in [0.15, 0.2) is 6.61 Å². The van der Waals surface area contributed by atoms with Gasteiger partial charge in [-0.3, -0.25) is 14.9 Å². The topological polar surface area (TPSA) is 105 Å². The lowest BCUT2D eigenvalue weighted by Crippen LogP contribution is -2.47. The molecule has 0 bridgehead atoms. The minimum absolute atomic E-state index is 0.0980. The van der Waals surface area contributed by atoms with E-state index in [4.69, 9.17) is 4.74 Å². The number of nitrogens with one attached hydrogen (secondary N) is 2. The lowest BCUT2D eigenvalue weighted by atomic mass is 10.0. The van der Waals surface area contributed by atoms with Crippen molar-refractivity contribution in [3.8, 4) is 0 Å². The van der Waals surface area contributed by atoms with E-state index in [1.54, 1.807) is 16.7 Å². The van der Waals surface area contributed by atoms with Crippen molar-refractivity contribution in [2.75, 3.05) is 18.9 Å². The van der Waals surface area contributed by atoms with Crippen LogP contribution in [0, 0.1) is 0 Å². The highest BCUT2D eigenvalue weighted by Crippen LogP contribution is 2.54. The van der Waals surface area contributed by atoms with Crippen LogP contribution < -0.4 is 10.6 Å². The number of hydrogen-bond acceptors (Lipinski definition) is 6. The number of thioether (sulfide) groups is 1. The van der Waals surface area contributed by atoms with Crippen LogP contribution in [0.4, 0.5) is 4.79 Å². The molecule has 3 rings (SSSR count). The highest BCUT2D eigenvalue weighted by Gasteiger charge is 2.57. The number of ether oxygens (including phenoxy) is 1. The maximum Gasteiger partial charge on any atom is 0.330 e. The summed E-state index contributed by atoms with van der Waals surface area (Å²) >= 11 is 1.55. The summed E-state index contributed by atoms with van der Waals surface area (Å²) in [6.45, 7) is 1.76. The van der Waals surface area contributed by atoms with E-state index in [2.05, 4.69) is 10.6 Å². The van der Waals surface area contributed by atoms with Gasteiger partial charge in [0.25, 0.3) is 5.91 Å². The van der Waals surface area contributed by atoms with Gasteiger partial charge in [-0.2, -0.15) is 0 Å². The molecule has 4 amide bonds. The Morgan fingerprint density at radius 3 is 2.75 bits per heavy atom. The number of fused-ring (bicyclic) bond motifs is 1. The molecule has 2 saturated heterocycles. The summed E-state index contributed by atoms with van der Waals surface area (Å²) in [5.41, 5.74) is 0.978. The number of hydrogen-bond donors (Lipinski definition) is 2. The molecule has 28 heavy (non-hydrogen) atoms. The number of nitrogens with zero attached hydrogens (tertiary/aromatic N) is 1. The maximum atomic E-state index is 12.6. The molecule has 2 aliphatic heterocycles. The molecule has 8 nitrogen and oxygen atoms in total. The number of benzene rings is 1. The van der Waals surface area contributed by atoms with Gasteiger partial charge in [-0.15, -0.1) is 11.8 Å². The summed E-state index contributed by atoms with van der Waals surface area (Å²) < 4.78 is 5.09. The first-order valence-corrected chi connectivity index (χ1v) is 10.2. The number of amides is 4. The lowest BCUT2D eigenvalue weighted by Gasteiger charge is -2.33. The van der Waals surface area contributed by atoms with E-state index < -0.39 is 35.4 Å². The van der Waals surface area contributed by atoms with Crippen LogP contribution in [-0.4, -0.2) is 53.7 Å². The Kier molecular flexibility index (Phi) is 6.23. The van der Waals surface area contributed by atoms with E-state index in [1.165, 1.54) is 0 Å². The van der Waals surface area contributed by atoms with Crippen molar-refractivity contribution in [1.29, 1.82) is 0 Å². The molecule has 1 aromatic carbocycles. The molecular weight excluding hydrogens is 382 g/mol. The highest BCUT2D eigenvalue weighted by molar-refractivity contribution is 8.00. The fourth-order valence-electron chi connectivity index (χ4n) is 3.49. The van der Waals surface area contributed by atoms with Gasteiger partial charge in [0.05, 0.1) is 0 Å². The van der Waals surface area contributed by atoms with E-state index in [0.717, 1.165) is 12.0 Å². The van der Waals surface area contributed by atoms with Crippen molar-refractivity contribution in [3.05, 3.63) is 35.9 Å². The van der Waals surface area contributed by atoms with Crippen LogP contribution in [0.5, 0.6) is 0 Å². The number of esters is 1. The molecule has 0 radical (unpaired) electrons. The molecule has 0 spiro atoms. The van der Waals surface area contributed by atoms with Crippen LogP contribution in [0.2, 0.25) is 0 Å². The zero-order chi connectivity index (χ0) is 20.1. The second-order valence-electron chi connectivity index (χ2n) is 6.65. The monoisotopic (exact) mass is 405 g/mol. The standard InChI is InChI=1S/C19H23N3O5S/c1-2-10-20-18(26)21-15(23)11-27-17(25)14-12-28-19(9-8-16(24)22(14)19)13-6-4-3-5-7-13/h3-7,14H,2,8-12H2,1H3,(H2,20,21,23,26)/t14-,19+/m1/s1. The molecule has 2 atom stereocenters. The van der Waals surface area contributed by atoms with Crippen LogP contribution in [0.1, 0.15) is 31.7 Å². The lowest BCUT2D eigenvalue weighted by molar-refractivity contribution is -0.156. The van der Waals surface area contributed by atoms with Gasteiger partial charge in [-0.25, -0.2) is 9.59 Å². The quantitative estimate of drug-likeness (QED) is 0.693. The van der Waals surface area contributed by atoms with Crippen molar-refractivity contribution >= 4 is 35.6 Å². The maximum absolute atomic E-state index is 12.6. The molecule has 2 aliphatic rings. The molecule has 0 unspecified atom stereocenters. The normalized spacial score (nSPS) is 23.2. The van der Waals surface area contributed by atoms with E-state index in [1.807, 2.05) is 37.3 Å². The Bertz CT molecular complexity index is 772. The van der Waals surface area contributed by atoms with Gasteiger partial charge in [0.2, 0.25) is 5.91 Å². The average molecular weight is 405 g/mol. The van der Waals surface area contributed by atoms with E-state index >= 15 is 0 Å². The van der Waals surface area contributed by atoms with E-state index in [-0.39, 0.29) is 5.91 Å². The molecule has 0 aromatic heterocycles. The van der Waals surface area contributed by atoms with Gasteiger partial charge in [0.1, 0.15) is 10.9 Å². The third-order valence-electron chi connectivity index (χ3n) is 4.76. The van der Waals surface area contributed by atoms with Crippen LogP contribution in [0.25, 0.3) is 0 Å². The summed E-state index contributed by atoms with van der Waals surface area (Å²) in [5.74, 6) is -1.04. The van der Waals surface area contributed by atoms with Gasteiger partial charge in [-0.1, -0.05) is 37.3 Å². The zero-order valence-corrected chi connectivity index (χ0v) is 16.4. The Morgan fingerprint density at radius 2 is 2.04 bits per heavy atom. The average Bonchev–Trinajstić information content (AvgIpc) is 3.24. The first-order valence-electron chi connectivity index (χ1n) is 9.24. The Morgan fingerprint density at radius 1 is 1.29 bits per heavy atom. The summed E-state index contributed by atoms with van der Waals surface area (Å²) in [6.07, 6.45) is 1.73. The van der Waals surface area contributed by atoms with Crippen molar-refractivity contribution in [2.45, 2.75) is 37.1 Å². The number of carbonyl (C=O) groups is 4. The first-order chi connectivity index (χ1) is 13.5. The number of imide groups is 1. The van der Waals surface area contributed by atoms with E-state index in [9.17, 15) is 19.2 Å². The Balaban J connectivity index is 1.61. The minimum atomic E-state index is -0.748. The van der Waals surface area contributed by atoms with Crippen molar-refractivity contribution in [1.82, 2.24) is 15.5 Å². The molecule has 2 fully saturated rings. The molecule has 2 heterocycles. The molecule has 1 aromatic rings. The second kappa shape index (κ2) is 8.64. The third-order valence-corrected chi connectivity index (χ3v) is 6.35. The molecule has 9 heteroatoms. The van der Waals surface area contributed by atoms with Crippen molar-refractivity contribution < 1.29 is 23.9 Å². The van der Waals surface area contributed by atoms with Crippen molar-refractivity contribution in [3.63, 3.8) is 0 Å². The SMILES string of the molecule is CCCNC(=O)NC(=O)COC(=O)[C@H]1CS[C@]2(c3ccccc3)CCC(=O)N12. The molecule has 2 N–H and O–H groups in total. The van der Waals surface area contributed by atoms with Gasteiger partial charge >= 0.3 is 12.0 Å². The van der Waals surface area contributed by atoms with Crippen LogP contribution in [0.3, 0.4) is 0 Å². The van der Waals surface area contributed by atoms with Crippen molar-refractivity contribution in [2.24, 2.45) is 0 Å². The molecule has 0 saturated carbocycles. The Hall–Kier alpha value is -2.55. The molecule has 0 aliphatic carbocycles. The predicted molar refractivity (Wildman–Crippen MR) is 103 cm³/mol. The third kappa shape index (κ3) is 3.99. The van der Waals surface area contributed by atoms with Gasteiger partial charge < -0.3 is 15.0 Å². The fraction of sp³-hybridized carbons (Fsp3) is 0.474. The number of urea groups is 1. The van der Waals surface area contributed by atoms with Gasteiger partial charge in [0, 0.05) is 18.7 Å². The second-order valence-corrected chi connectivity index (χ2v) is 7.95. The van der Waals surface area contributed by atoms with Crippen LogP contribution in [0.15, 0.2) is 30.3 Å². The number of rotatable bonds is 6. The predicted octanol–water partition coefficient (Wildman–Crippen LogP) is 1.36. The zero-order valence-electron chi connectivity index (χ0n) is 15.6. The highest BCUT2D eigenvalue weighted by atomic mass is 32.2. The summed E-state index contributed by atoms with van der Waals surface area (Å²) in [6, 6.07) is 8.25. The van der Waals surface area contributed by atoms with Crippen LogP contribution in [-0.2, 0) is 24.0 Å². The number of carbonyl (C=O) groups excluding carboxylic acids is 4. The first kappa shape index (κ1) is 20.2. The summed E-state index contributed by atoms with van der Waals surface area (Å²) in [7, 11) is 0. The minimum Gasteiger partial charge on any atom is -0.454 e. The summed E-state index contributed by atoms with van der Waals surface area (Å²) in [4.78, 5) is 49.3. The molecular formula is C19H23N3O5S. The fourth-order valence-corrected chi connectivity index (χ4v) is 5.13. The molecule has 150 valence electrons. The summed E-state index contributed by atoms with van der Waals surface area (Å²) in [5, 5.41) is 4.59. The largest absolute Gasteiger partial charge is 0.454 e.